The third-order valence-electron chi connectivity index (χ3n) is 9.06. The molecule has 49 heavy (non-hydrogen) atoms. The first-order valence-electron chi connectivity index (χ1n) is 16.3. The Kier molecular flexibility index (Phi) is 9.86. The number of nitrogens with one attached hydrogen (secondary N) is 1. The van der Waals surface area contributed by atoms with E-state index < -0.39 is 50.4 Å². The fourth-order valence-corrected chi connectivity index (χ4v) is 8.09. The predicted octanol–water partition coefficient (Wildman–Crippen LogP) is 4.19. The van der Waals surface area contributed by atoms with Crippen LogP contribution in [0.4, 0.5) is 5.95 Å². The minimum absolute atomic E-state index is 0.0904. The number of imidazole rings is 1. The minimum Gasteiger partial charge on any atom is -0.479 e. The fraction of sp³-hybridized carbons (Fsp3) is 0.515. The van der Waals surface area contributed by atoms with Gasteiger partial charge in [0.05, 0.1) is 13.7 Å². The van der Waals surface area contributed by atoms with Crippen LogP contribution in [0.2, 0.25) is 0 Å². The lowest BCUT2D eigenvalue weighted by molar-refractivity contribution is -0.152. The number of aliphatic hydroxyl groups is 2. The second-order valence-corrected chi connectivity index (χ2v) is 14.7. The van der Waals surface area contributed by atoms with E-state index in [0.29, 0.717) is 11.2 Å². The van der Waals surface area contributed by atoms with Crippen molar-refractivity contribution in [2.75, 3.05) is 19.5 Å². The van der Waals surface area contributed by atoms with E-state index in [2.05, 4.69) is 20.0 Å². The van der Waals surface area contributed by atoms with Gasteiger partial charge in [0, 0.05) is 5.39 Å². The Morgan fingerprint density at radius 1 is 1.16 bits per heavy atom. The van der Waals surface area contributed by atoms with Gasteiger partial charge in [0.25, 0.3) is 0 Å². The van der Waals surface area contributed by atoms with Crippen molar-refractivity contribution in [3.05, 3.63) is 48.3 Å². The van der Waals surface area contributed by atoms with Crippen molar-refractivity contribution < 1.29 is 42.8 Å². The number of ether oxygens (including phenoxy) is 3. The Hall–Kier alpha value is -3.85. The summed E-state index contributed by atoms with van der Waals surface area (Å²) >= 11 is 0. The zero-order chi connectivity index (χ0) is 35.1. The van der Waals surface area contributed by atoms with E-state index in [1.165, 1.54) is 18.6 Å². The van der Waals surface area contributed by atoms with Gasteiger partial charge in [0.15, 0.2) is 17.4 Å². The van der Waals surface area contributed by atoms with E-state index in [1.807, 2.05) is 30.3 Å². The van der Waals surface area contributed by atoms with Gasteiger partial charge < -0.3 is 34.7 Å². The van der Waals surface area contributed by atoms with Crippen LogP contribution in [0.3, 0.4) is 0 Å². The highest BCUT2D eigenvalue weighted by Crippen LogP contribution is 2.49. The van der Waals surface area contributed by atoms with Gasteiger partial charge in [-0.15, -0.1) is 0 Å². The SMILES string of the molecule is COc1nc(N)nc2c1nc(C)n2C1OC(COP(=O)(NC(C(=O)OC2CCCC2)C(C)C)Oc2cccc3ccccc23)C(O)C1(C)O. The molecule has 5 N–H and O–H groups in total. The zero-order valence-electron chi connectivity index (χ0n) is 28.1. The number of anilines is 1. The largest absolute Gasteiger partial charge is 0.479 e. The summed E-state index contributed by atoms with van der Waals surface area (Å²) < 4.78 is 45.6. The number of hydrogen-bond acceptors (Lipinski definition) is 13. The third kappa shape index (κ3) is 6.96. The van der Waals surface area contributed by atoms with Gasteiger partial charge >= 0.3 is 13.7 Å². The lowest BCUT2D eigenvalue weighted by Gasteiger charge is -2.29. The van der Waals surface area contributed by atoms with Gasteiger partial charge in [0.1, 0.15) is 41.5 Å². The van der Waals surface area contributed by atoms with Crippen molar-refractivity contribution in [2.24, 2.45) is 5.92 Å². The van der Waals surface area contributed by atoms with Gasteiger partial charge in [0.2, 0.25) is 11.8 Å². The van der Waals surface area contributed by atoms with Crippen molar-refractivity contribution >= 4 is 41.6 Å². The molecule has 0 amide bonds. The summed E-state index contributed by atoms with van der Waals surface area (Å²) in [5.74, 6) is -0.251. The van der Waals surface area contributed by atoms with Crippen LogP contribution >= 0.6 is 7.75 Å². The molecule has 2 aromatic carbocycles. The Labute approximate surface area is 283 Å². The maximum absolute atomic E-state index is 14.7. The van der Waals surface area contributed by atoms with Gasteiger partial charge in [-0.3, -0.25) is 13.9 Å². The molecule has 2 aromatic heterocycles. The molecule has 3 heterocycles. The van der Waals surface area contributed by atoms with Crippen LogP contribution in [0.1, 0.15) is 58.5 Å². The zero-order valence-corrected chi connectivity index (χ0v) is 29.0. The van der Waals surface area contributed by atoms with Gasteiger partial charge in [-0.05, 0) is 56.9 Å². The number of benzene rings is 2. The van der Waals surface area contributed by atoms with Crippen LogP contribution in [0.5, 0.6) is 11.6 Å². The second-order valence-electron chi connectivity index (χ2n) is 13.0. The molecule has 15 nitrogen and oxygen atoms in total. The molecule has 6 atom stereocenters. The van der Waals surface area contributed by atoms with Crippen molar-refractivity contribution in [1.29, 1.82) is 0 Å². The number of carbonyl (C=O) groups is 1. The molecule has 0 radical (unpaired) electrons. The Morgan fingerprint density at radius 3 is 2.59 bits per heavy atom. The lowest BCUT2D eigenvalue weighted by Crippen LogP contribution is -2.45. The maximum atomic E-state index is 14.7. The second kappa shape index (κ2) is 13.8. The first-order valence-corrected chi connectivity index (χ1v) is 17.9. The van der Waals surface area contributed by atoms with E-state index in [0.717, 1.165) is 31.1 Å². The summed E-state index contributed by atoms with van der Waals surface area (Å²) in [5, 5.41) is 27.3. The minimum atomic E-state index is -4.42. The molecule has 2 aliphatic rings. The van der Waals surface area contributed by atoms with Crippen LogP contribution in [-0.4, -0.2) is 79.4 Å². The molecule has 16 heteroatoms. The van der Waals surface area contributed by atoms with Gasteiger partial charge in [-0.1, -0.05) is 50.2 Å². The van der Waals surface area contributed by atoms with E-state index in [1.54, 1.807) is 32.9 Å². The summed E-state index contributed by atoms with van der Waals surface area (Å²) in [6, 6.07) is 11.6. The molecule has 1 saturated carbocycles. The standard InChI is InChI=1S/C33H43N6O9P/c1-18(2)25(30(41)46-21-13-7-8-14-21)38-49(43,48-23-16-10-12-20-11-6-9-15-22(20)23)45-17-24-27(40)33(4,42)31(47-24)39-19(3)35-26-28(39)36-32(34)37-29(26)44-5/h6,9-12,15-16,18,21,24-25,27,31,40,42H,7-8,13-14,17H2,1-5H3,(H,38,43)(H2,34,36,37). The highest BCUT2D eigenvalue weighted by atomic mass is 31.2. The average Bonchev–Trinajstić information content (AvgIpc) is 3.75. The molecule has 264 valence electrons. The molecular formula is C33H43N6O9P. The quantitative estimate of drug-likeness (QED) is 0.121. The summed E-state index contributed by atoms with van der Waals surface area (Å²) in [6.45, 7) is 6.15. The van der Waals surface area contributed by atoms with Crippen molar-refractivity contribution in [3.63, 3.8) is 0 Å². The van der Waals surface area contributed by atoms with Crippen molar-refractivity contribution in [2.45, 2.75) is 89.6 Å². The smallest absolute Gasteiger partial charge is 0.459 e. The van der Waals surface area contributed by atoms with Crippen LogP contribution in [0.15, 0.2) is 42.5 Å². The number of esters is 1. The van der Waals surface area contributed by atoms with Crippen LogP contribution in [0, 0.1) is 12.8 Å². The van der Waals surface area contributed by atoms with Crippen LogP contribution in [0.25, 0.3) is 21.9 Å². The topological polar surface area (TPSA) is 202 Å². The Bertz CT molecular complexity index is 1870. The van der Waals surface area contributed by atoms with Gasteiger partial charge in [-0.25, -0.2) is 9.55 Å². The van der Waals surface area contributed by atoms with E-state index in [9.17, 15) is 19.6 Å². The number of rotatable bonds is 12. The molecule has 2 fully saturated rings. The predicted molar refractivity (Wildman–Crippen MR) is 180 cm³/mol. The normalized spacial score (nSPS) is 24.8. The van der Waals surface area contributed by atoms with Crippen molar-refractivity contribution in [1.82, 2.24) is 24.6 Å². The first-order chi connectivity index (χ1) is 23.3. The maximum Gasteiger partial charge on any atom is 0.459 e. The number of nitrogens with zero attached hydrogens (tertiary/aromatic N) is 4. The molecule has 1 aliphatic heterocycles. The van der Waals surface area contributed by atoms with Gasteiger partial charge in [-0.2, -0.15) is 15.1 Å². The molecule has 6 unspecified atom stereocenters. The highest BCUT2D eigenvalue weighted by molar-refractivity contribution is 7.52. The highest BCUT2D eigenvalue weighted by Gasteiger charge is 2.55. The number of nitrogen functional groups attached to an aromatic ring is 1. The van der Waals surface area contributed by atoms with E-state index in [4.69, 9.17) is 29.0 Å². The third-order valence-corrected chi connectivity index (χ3v) is 10.6. The first kappa shape index (κ1) is 35.0. The number of hydrogen-bond donors (Lipinski definition) is 4. The monoisotopic (exact) mass is 698 g/mol. The summed E-state index contributed by atoms with van der Waals surface area (Å²) in [4.78, 5) is 26.2. The number of aryl methyl sites for hydroxylation is 1. The van der Waals surface area contributed by atoms with E-state index >= 15 is 0 Å². The number of aromatic nitrogens is 4. The number of methoxy groups -OCH3 is 1. The molecule has 0 spiro atoms. The molecule has 6 rings (SSSR count). The molecule has 1 saturated heterocycles. The average molecular weight is 699 g/mol. The Morgan fingerprint density at radius 2 is 1.88 bits per heavy atom. The number of carbonyl (C=O) groups excluding carboxylic acids is 1. The number of fused-ring (bicyclic) bond motifs is 2. The summed E-state index contributed by atoms with van der Waals surface area (Å²) in [6.07, 6.45) is -0.698. The van der Waals surface area contributed by atoms with Crippen molar-refractivity contribution in [3.8, 4) is 11.6 Å². The molecule has 0 bridgehead atoms. The summed E-state index contributed by atoms with van der Waals surface area (Å²) in [5.41, 5.74) is 4.51. The fourth-order valence-electron chi connectivity index (χ4n) is 6.40. The van der Waals surface area contributed by atoms with E-state index in [-0.39, 0.29) is 40.8 Å². The summed E-state index contributed by atoms with van der Waals surface area (Å²) in [7, 11) is -3.00. The molecule has 4 aromatic rings. The van der Waals surface area contributed by atoms with Crippen LogP contribution in [-0.2, 0) is 23.4 Å². The number of nitrogens with two attached hydrogens (primary N) is 1. The van der Waals surface area contributed by atoms with Crippen LogP contribution < -0.4 is 20.1 Å². The molecule has 1 aliphatic carbocycles. The Balaban J connectivity index is 1.30. The number of aliphatic hydroxyl groups excluding tert-OH is 1. The lowest BCUT2D eigenvalue weighted by atomic mass is 9.96. The molecular weight excluding hydrogens is 655 g/mol.